The SMILES string of the molecule is C/C(CSc1ccc(Cl)cc1)=N\NC(N)=S. The van der Waals surface area contributed by atoms with Crippen molar-refractivity contribution >= 4 is 46.4 Å². The molecule has 0 unspecified atom stereocenters. The van der Waals surface area contributed by atoms with E-state index in [1.165, 1.54) is 0 Å². The number of nitrogens with zero attached hydrogens (tertiary/aromatic N) is 1. The average Bonchev–Trinajstić information content (AvgIpc) is 2.25. The molecule has 0 aliphatic rings. The Morgan fingerprint density at radius 3 is 2.69 bits per heavy atom. The number of benzene rings is 1. The summed E-state index contributed by atoms with van der Waals surface area (Å²) in [5.74, 6) is 0.775. The molecule has 16 heavy (non-hydrogen) atoms. The summed E-state index contributed by atoms with van der Waals surface area (Å²) in [4.78, 5) is 1.15. The Bertz CT molecular complexity index is 390. The Morgan fingerprint density at radius 1 is 1.50 bits per heavy atom. The largest absolute Gasteiger partial charge is 0.375 e. The maximum atomic E-state index is 5.79. The highest BCUT2D eigenvalue weighted by atomic mass is 35.5. The molecule has 0 radical (unpaired) electrons. The zero-order valence-electron chi connectivity index (χ0n) is 8.74. The van der Waals surface area contributed by atoms with Crippen molar-refractivity contribution < 1.29 is 0 Å². The number of hydrazone groups is 1. The molecule has 0 amide bonds. The Labute approximate surface area is 109 Å². The van der Waals surface area contributed by atoms with Crippen LogP contribution < -0.4 is 11.2 Å². The zero-order valence-corrected chi connectivity index (χ0v) is 11.1. The summed E-state index contributed by atoms with van der Waals surface area (Å²) in [5, 5.41) is 4.93. The van der Waals surface area contributed by atoms with Crippen LogP contribution in [0.3, 0.4) is 0 Å². The molecule has 1 rings (SSSR count). The molecule has 1 aromatic rings. The minimum Gasteiger partial charge on any atom is -0.375 e. The smallest absolute Gasteiger partial charge is 0.184 e. The molecule has 6 heteroatoms. The quantitative estimate of drug-likeness (QED) is 0.383. The number of thiocarbonyl (C=S) groups is 1. The minimum atomic E-state index is 0.177. The van der Waals surface area contributed by atoms with Crippen molar-refractivity contribution in [2.24, 2.45) is 10.8 Å². The van der Waals surface area contributed by atoms with Gasteiger partial charge in [-0.2, -0.15) is 5.10 Å². The number of hydrogen-bond donors (Lipinski definition) is 2. The van der Waals surface area contributed by atoms with Gasteiger partial charge in [0, 0.05) is 21.4 Å². The van der Waals surface area contributed by atoms with Crippen molar-refractivity contribution in [1.82, 2.24) is 5.43 Å². The second-order valence-corrected chi connectivity index (χ2v) is 4.99. The summed E-state index contributed by atoms with van der Waals surface area (Å²) in [5.41, 5.74) is 8.73. The van der Waals surface area contributed by atoms with Crippen molar-refractivity contribution in [3.05, 3.63) is 29.3 Å². The van der Waals surface area contributed by atoms with Gasteiger partial charge in [-0.25, -0.2) is 0 Å². The van der Waals surface area contributed by atoms with Crippen LogP contribution in [0.4, 0.5) is 0 Å². The molecular weight excluding hydrogens is 262 g/mol. The number of thioether (sulfide) groups is 1. The van der Waals surface area contributed by atoms with Crippen molar-refractivity contribution in [2.75, 3.05) is 5.75 Å². The minimum absolute atomic E-state index is 0.177. The number of nitrogens with two attached hydrogens (primary N) is 1. The number of rotatable bonds is 4. The fourth-order valence-corrected chi connectivity index (χ4v) is 1.84. The molecule has 0 atom stereocenters. The predicted molar refractivity (Wildman–Crippen MR) is 75.2 cm³/mol. The third kappa shape index (κ3) is 5.34. The summed E-state index contributed by atoms with van der Waals surface area (Å²) >= 11 is 12.1. The zero-order chi connectivity index (χ0) is 12.0. The molecule has 1 aromatic carbocycles. The second-order valence-electron chi connectivity index (χ2n) is 3.07. The topological polar surface area (TPSA) is 50.4 Å². The molecular formula is C10H12ClN3S2. The number of hydrogen-bond acceptors (Lipinski definition) is 3. The standard InChI is InChI=1S/C10H12ClN3S2/c1-7(13-14-10(12)15)6-16-9-4-2-8(11)3-5-9/h2-5H,6H2,1H3,(H3,12,14,15)/b13-7+. The van der Waals surface area contributed by atoms with Crippen molar-refractivity contribution in [2.45, 2.75) is 11.8 Å². The highest BCUT2D eigenvalue weighted by Crippen LogP contribution is 2.20. The molecule has 0 fully saturated rings. The Hall–Kier alpha value is -0.780. The van der Waals surface area contributed by atoms with E-state index in [9.17, 15) is 0 Å². The first-order valence-electron chi connectivity index (χ1n) is 4.55. The molecule has 86 valence electrons. The van der Waals surface area contributed by atoms with Crippen molar-refractivity contribution in [1.29, 1.82) is 0 Å². The van der Waals surface area contributed by atoms with Crippen LogP contribution in [0.2, 0.25) is 5.02 Å². The molecule has 0 saturated carbocycles. The fourth-order valence-electron chi connectivity index (χ4n) is 0.901. The van der Waals surface area contributed by atoms with E-state index in [4.69, 9.17) is 17.3 Å². The summed E-state index contributed by atoms with van der Waals surface area (Å²) in [6, 6.07) is 7.68. The van der Waals surface area contributed by atoms with Crippen LogP contribution >= 0.6 is 35.6 Å². The Morgan fingerprint density at radius 2 is 2.12 bits per heavy atom. The number of nitrogens with one attached hydrogen (secondary N) is 1. The predicted octanol–water partition coefficient (Wildman–Crippen LogP) is 2.64. The van der Waals surface area contributed by atoms with E-state index in [2.05, 4.69) is 22.7 Å². The van der Waals surface area contributed by atoms with Gasteiger partial charge in [0.05, 0.1) is 0 Å². The molecule has 0 saturated heterocycles. The van der Waals surface area contributed by atoms with E-state index in [1.54, 1.807) is 11.8 Å². The molecule has 0 bridgehead atoms. The molecule has 3 N–H and O–H groups in total. The lowest BCUT2D eigenvalue weighted by Gasteiger charge is -2.02. The highest BCUT2D eigenvalue weighted by Gasteiger charge is 1.96. The van der Waals surface area contributed by atoms with Crippen LogP contribution in [0.1, 0.15) is 6.92 Å². The first kappa shape index (κ1) is 13.3. The summed E-state index contributed by atoms with van der Waals surface area (Å²) in [7, 11) is 0. The third-order valence-electron chi connectivity index (χ3n) is 1.62. The lowest BCUT2D eigenvalue weighted by molar-refractivity contribution is 1.03. The third-order valence-corrected chi connectivity index (χ3v) is 3.13. The highest BCUT2D eigenvalue weighted by molar-refractivity contribution is 8.00. The van der Waals surface area contributed by atoms with Gasteiger partial charge in [0.1, 0.15) is 0 Å². The van der Waals surface area contributed by atoms with Crippen LogP contribution in [-0.2, 0) is 0 Å². The van der Waals surface area contributed by atoms with E-state index >= 15 is 0 Å². The maximum Gasteiger partial charge on any atom is 0.184 e. The average molecular weight is 274 g/mol. The summed E-state index contributed by atoms with van der Waals surface area (Å²) < 4.78 is 0. The van der Waals surface area contributed by atoms with E-state index in [0.717, 1.165) is 21.4 Å². The van der Waals surface area contributed by atoms with Crippen LogP contribution in [0.5, 0.6) is 0 Å². The molecule has 0 aromatic heterocycles. The van der Waals surface area contributed by atoms with Gasteiger partial charge in [-0.3, -0.25) is 5.43 Å². The molecule has 3 nitrogen and oxygen atoms in total. The first-order valence-corrected chi connectivity index (χ1v) is 6.32. The fraction of sp³-hybridized carbons (Fsp3) is 0.200. The lowest BCUT2D eigenvalue weighted by Crippen LogP contribution is -2.25. The lowest BCUT2D eigenvalue weighted by atomic mass is 10.4. The van der Waals surface area contributed by atoms with E-state index in [0.29, 0.717) is 0 Å². The van der Waals surface area contributed by atoms with Crippen LogP contribution in [0.15, 0.2) is 34.3 Å². The van der Waals surface area contributed by atoms with Crippen LogP contribution in [0.25, 0.3) is 0 Å². The van der Waals surface area contributed by atoms with Crippen LogP contribution in [-0.4, -0.2) is 16.6 Å². The normalized spacial score (nSPS) is 11.2. The summed E-state index contributed by atoms with van der Waals surface area (Å²) in [6.45, 7) is 1.91. The molecule has 0 aliphatic heterocycles. The summed E-state index contributed by atoms with van der Waals surface area (Å²) in [6.07, 6.45) is 0. The van der Waals surface area contributed by atoms with Gasteiger partial charge < -0.3 is 5.73 Å². The van der Waals surface area contributed by atoms with Gasteiger partial charge in [0.2, 0.25) is 0 Å². The maximum absolute atomic E-state index is 5.79. The van der Waals surface area contributed by atoms with E-state index in [-0.39, 0.29) is 5.11 Å². The monoisotopic (exact) mass is 273 g/mol. The van der Waals surface area contributed by atoms with E-state index in [1.807, 2.05) is 31.2 Å². The molecule has 0 heterocycles. The van der Waals surface area contributed by atoms with E-state index < -0.39 is 0 Å². The Balaban J connectivity index is 2.42. The Kier molecular flexibility index (Phi) is 5.59. The molecule has 0 spiro atoms. The van der Waals surface area contributed by atoms with Crippen molar-refractivity contribution in [3.63, 3.8) is 0 Å². The number of halogens is 1. The van der Waals surface area contributed by atoms with Gasteiger partial charge >= 0.3 is 0 Å². The van der Waals surface area contributed by atoms with Gasteiger partial charge in [0.15, 0.2) is 5.11 Å². The van der Waals surface area contributed by atoms with Gasteiger partial charge in [-0.05, 0) is 43.4 Å². The van der Waals surface area contributed by atoms with Crippen LogP contribution in [0, 0.1) is 0 Å². The van der Waals surface area contributed by atoms with Gasteiger partial charge in [-0.15, -0.1) is 11.8 Å². The van der Waals surface area contributed by atoms with Gasteiger partial charge in [0.25, 0.3) is 0 Å². The van der Waals surface area contributed by atoms with Crippen molar-refractivity contribution in [3.8, 4) is 0 Å². The molecule has 0 aliphatic carbocycles. The van der Waals surface area contributed by atoms with Gasteiger partial charge in [-0.1, -0.05) is 11.6 Å². The first-order chi connectivity index (χ1) is 7.58. The second kappa shape index (κ2) is 6.73.